The number of benzene rings is 1. The second kappa shape index (κ2) is 5.92. The summed E-state index contributed by atoms with van der Waals surface area (Å²) < 4.78 is 5.19. The Morgan fingerprint density at radius 1 is 1.35 bits per heavy atom. The van der Waals surface area contributed by atoms with Crippen molar-refractivity contribution in [3.8, 4) is 0 Å². The highest BCUT2D eigenvalue weighted by Crippen LogP contribution is 2.27. The molecule has 0 fully saturated rings. The molecular weight excluding hydrogens is 276 g/mol. The average molecular weight is 291 g/mol. The predicted octanol–water partition coefficient (Wildman–Crippen LogP) is 3.42. The lowest BCUT2D eigenvalue weighted by atomic mass is 10.0. The van der Waals surface area contributed by atoms with Crippen molar-refractivity contribution in [3.63, 3.8) is 0 Å². The first-order chi connectivity index (χ1) is 9.50. The van der Waals surface area contributed by atoms with Crippen LogP contribution >= 0.6 is 11.6 Å². The Labute approximate surface area is 122 Å². The maximum absolute atomic E-state index is 12.6. The van der Waals surface area contributed by atoms with Gasteiger partial charge in [-0.3, -0.25) is 4.79 Å². The minimum absolute atomic E-state index is 0.234. The molecule has 104 valence electrons. The van der Waals surface area contributed by atoms with Gasteiger partial charge in [0.1, 0.15) is 0 Å². The lowest BCUT2D eigenvalue weighted by molar-refractivity contribution is 0.103. The van der Waals surface area contributed by atoms with E-state index in [0.29, 0.717) is 21.9 Å². The maximum atomic E-state index is 12.6. The van der Waals surface area contributed by atoms with E-state index in [2.05, 4.69) is 4.98 Å². The Morgan fingerprint density at radius 2 is 2.05 bits per heavy atom. The van der Waals surface area contributed by atoms with Crippen molar-refractivity contribution in [2.24, 2.45) is 0 Å². The number of nitrogens with zero attached hydrogens (tertiary/aromatic N) is 2. The van der Waals surface area contributed by atoms with Crippen LogP contribution in [-0.2, 0) is 0 Å². The van der Waals surface area contributed by atoms with Crippen molar-refractivity contribution >= 4 is 23.0 Å². The number of Topliss-reactive ketones (excluding diaryl/α,β-unsaturated/α-hetero) is 1. The van der Waals surface area contributed by atoms with Crippen LogP contribution in [0.1, 0.15) is 21.8 Å². The lowest BCUT2D eigenvalue weighted by Crippen LogP contribution is -2.10. The van der Waals surface area contributed by atoms with Gasteiger partial charge in [0.15, 0.2) is 12.2 Å². The fourth-order valence-corrected chi connectivity index (χ4v) is 2.07. The molecule has 4 nitrogen and oxygen atoms in total. The van der Waals surface area contributed by atoms with Crippen LogP contribution in [0.2, 0.25) is 5.02 Å². The average Bonchev–Trinajstić information content (AvgIpc) is 2.82. The van der Waals surface area contributed by atoms with Gasteiger partial charge in [-0.1, -0.05) is 29.8 Å². The fourth-order valence-electron chi connectivity index (χ4n) is 1.83. The first kappa shape index (κ1) is 14.3. The third-order valence-electron chi connectivity index (χ3n) is 2.75. The molecule has 2 aromatic rings. The molecule has 0 atom stereocenters. The summed E-state index contributed by atoms with van der Waals surface area (Å²) in [5.74, 6) is -0.000167. The fraction of sp³-hybridized carbons (Fsp3) is 0.200. The van der Waals surface area contributed by atoms with Crippen LogP contribution in [0.4, 0.5) is 0 Å². The van der Waals surface area contributed by atoms with E-state index >= 15 is 0 Å². The molecule has 5 heteroatoms. The van der Waals surface area contributed by atoms with Gasteiger partial charge in [0.2, 0.25) is 5.78 Å². The Morgan fingerprint density at radius 3 is 2.60 bits per heavy atom. The van der Waals surface area contributed by atoms with Gasteiger partial charge in [0.25, 0.3) is 0 Å². The van der Waals surface area contributed by atoms with E-state index in [1.807, 2.05) is 26.2 Å². The van der Waals surface area contributed by atoms with Crippen LogP contribution in [0.5, 0.6) is 0 Å². The number of rotatable bonds is 4. The Kier molecular flexibility index (Phi) is 4.25. The summed E-state index contributed by atoms with van der Waals surface area (Å²) in [4.78, 5) is 18.4. The SMILES string of the molecule is Cc1ncoc1C(=O)C(=CN(C)C)c1ccccc1Cl. The van der Waals surface area contributed by atoms with Gasteiger partial charge in [-0.25, -0.2) is 4.98 Å². The monoisotopic (exact) mass is 290 g/mol. The molecule has 1 aromatic heterocycles. The number of hydrogen-bond donors (Lipinski definition) is 0. The smallest absolute Gasteiger partial charge is 0.232 e. The number of aromatic nitrogens is 1. The van der Waals surface area contributed by atoms with Gasteiger partial charge in [-0.15, -0.1) is 0 Å². The number of hydrogen-bond acceptors (Lipinski definition) is 4. The molecule has 0 saturated carbocycles. The molecule has 0 amide bonds. The van der Waals surface area contributed by atoms with Gasteiger partial charge in [0.05, 0.1) is 11.3 Å². The number of aryl methyl sites for hydroxylation is 1. The zero-order valence-electron chi connectivity index (χ0n) is 11.6. The molecule has 20 heavy (non-hydrogen) atoms. The topological polar surface area (TPSA) is 46.3 Å². The summed E-state index contributed by atoms with van der Waals surface area (Å²) >= 11 is 6.19. The number of halogens is 1. The molecule has 0 bridgehead atoms. The summed E-state index contributed by atoms with van der Waals surface area (Å²) in [6, 6.07) is 7.22. The highest BCUT2D eigenvalue weighted by molar-refractivity contribution is 6.36. The summed E-state index contributed by atoms with van der Waals surface area (Å²) in [6.45, 7) is 1.73. The lowest BCUT2D eigenvalue weighted by Gasteiger charge is -2.12. The second-order valence-electron chi connectivity index (χ2n) is 4.58. The minimum Gasteiger partial charge on any atom is -0.440 e. The Balaban J connectivity index is 2.53. The third-order valence-corrected chi connectivity index (χ3v) is 3.08. The van der Waals surface area contributed by atoms with Crippen LogP contribution in [0.15, 0.2) is 41.3 Å². The minimum atomic E-state index is -0.234. The van der Waals surface area contributed by atoms with E-state index in [9.17, 15) is 4.79 Å². The van der Waals surface area contributed by atoms with Crippen molar-refractivity contribution in [1.29, 1.82) is 0 Å². The third kappa shape index (κ3) is 2.91. The molecule has 0 N–H and O–H groups in total. The number of oxazole rings is 1. The molecule has 0 aliphatic rings. The van der Waals surface area contributed by atoms with Crippen LogP contribution < -0.4 is 0 Å². The van der Waals surface area contributed by atoms with Gasteiger partial charge < -0.3 is 9.32 Å². The van der Waals surface area contributed by atoms with Crippen molar-refractivity contribution in [3.05, 3.63) is 58.9 Å². The maximum Gasteiger partial charge on any atom is 0.232 e. The first-order valence-electron chi connectivity index (χ1n) is 6.08. The summed E-state index contributed by atoms with van der Waals surface area (Å²) in [5, 5.41) is 0.520. The molecular formula is C15H15ClN2O2. The van der Waals surface area contributed by atoms with E-state index in [1.54, 1.807) is 30.2 Å². The van der Waals surface area contributed by atoms with Crippen LogP contribution in [0, 0.1) is 6.92 Å². The molecule has 0 aliphatic carbocycles. The van der Waals surface area contributed by atoms with Crippen molar-refractivity contribution in [2.45, 2.75) is 6.92 Å². The van der Waals surface area contributed by atoms with Gasteiger partial charge in [0, 0.05) is 30.9 Å². The highest BCUT2D eigenvalue weighted by atomic mass is 35.5. The largest absolute Gasteiger partial charge is 0.440 e. The van der Waals surface area contributed by atoms with Crippen molar-refractivity contribution in [2.75, 3.05) is 14.1 Å². The Hall–Kier alpha value is -2.07. The van der Waals surface area contributed by atoms with Gasteiger partial charge in [-0.2, -0.15) is 0 Å². The normalized spacial score (nSPS) is 11.5. The van der Waals surface area contributed by atoms with E-state index < -0.39 is 0 Å². The van der Waals surface area contributed by atoms with Crippen LogP contribution in [0.25, 0.3) is 5.57 Å². The molecule has 0 spiro atoms. The van der Waals surface area contributed by atoms with Crippen LogP contribution in [-0.4, -0.2) is 29.8 Å². The number of carbonyl (C=O) groups excluding carboxylic acids is 1. The molecule has 1 aromatic carbocycles. The molecule has 2 rings (SSSR count). The second-order valence-corrected chi connectivity index (χ2v) is 4.99. The predicted molar refractivity (Wildman–Crippen MR) is 78.7 cm³/mol. The summed E-state index contributed by atoms with van der Waals surface area (Å²) in [6.07, 6.45) is 2.99. The van der Waals surface area contributed by atoms with Gasteiger partial charge >= 0.3 is 0 Å². The van der Waals surface area contributed by atoms with E-state index in [4.69, 9.17) is 16.0 Å². The molecule has 0 aliphatic heterocycles. The Bertz CT molecular complexity index is 659. The van der Waals surface area contributed by atoms with E-state index in [1.165, 1.54) is 6.39 Å². The van der Waals surface area contributed by atoms with Crippen LogP contribution in [0.3, 0.4) is 0 Å². The molecule has 0 saturated heterocycles. The van der Waals surface area contributed by atoms with Gasteiger partial charge in [-0.05, 0) is 13.0 Å². The summed E-state index contributed by atoms with van der Waals surface area (Å²) in [7, 11) is 3.69. The number of allylic oxidation sites excluding steroid dienone is 1. The van der Waals surface area contributed by atoms with Crippen molar-refractivity contribution in [1.82, 2.24) is 9.88 Å². The molecule has 0 unspecified atom stereocenters. The number of carbonyl (C=O) groups is 1. The van der Waals surface area contributed by atoms with E-state index in [-0.39, 0.29) is 11.5 Å². The molecule has 0 radical (unpaired) electrons. The first-order valence-corrected chi connectivity index (χ1v) is 6.46. The molecule has 1 heterocycles. The summed E-state index contributed by atoms with van der Waals surface area (Å²) in [5.41, 5.74) is 1.70. The highest BCUT2D eigenvalue weighted by Gasteiger charge is 2.22. The van der Waals surface area contributed by atoms with Crippen molar-refractivity contribution < 1.29 is 9.21 Å². The standard InChI is InChI=1S/C15H15ClN2O2/c1-10-15(20-9-17-10)14(19)12(8-18(2)3)11-6-4-5-7-13(11)16/h4-9H,1-3H3. The zero-order valence-corrected chi connectivity index (χ0v) is 12.3. The number of ketones is 1. The quantitative estimate of drug-likeness (QED) is 0.639. The van der Waals surface area contributed by atoms with E-state index in [0.717, 1.165) is 0 Å². The zero-order chi connectivity index (χ0) is 14.7.